The first-order valence-electron chi connectivity index (χ1n) is 6.07. The molecule has 0 aliphatic heterocycles. The average molecular weight is 275 g/mol. The number of benzene rings is 2. The monoisotopic (exact) mass is 275 g/mol. The average Bonchev–Trinajstić information content (AvgIpc) is 2.34. The Morgan fingerprint density at radius 3 is 1.84 bits per heavy atom. The topological polar surface area (TPSA) is 46.2 Å². The standard InChI is InChI=1S/C15H17NO2S/c1-12-3-7-14(8-4-12)11-19(17,18)16-15-9-5-13(2)6-10-15/h3-10,16H,11H2,1-2H3. The van der Waals surface area contributed by atoms with Crippen LogP contribution in [-0.4, -0.2) is 8.42 Å². The van der Waals surface area contributed by atoms with Crippen LogP contribution in [0.15, 0.2) is 48.5 Å². The van der Waals surface area contributed by atoms with Crippen molar-refractivity contribution in [1.82, 2.24) is 0 Å². The zero-order chi connectivity index (χ0) is 13.9. The highest BCUT2D eigenvalue weighted by Crippen LogP contribution is 2.14. The maximum atomic E-state index is 12.0. The maximum absolute atomic E-state index is 12.0. The van der Waals surface area contributed by atoms with Crippen molar-refractivity contribution >= 4 is 15.7 Å². The molecular formula is C15H17NO2S. The SMILES string of the molecule is Cc1ccc(CS(=O)(=O)Nc2ccc(C)cc2)cc1. The fraction of sp³-hybridized carbons (Fsp3) is 0.200. The van der Waals surface area contributed by atoms with Gasteiger partial charge in [-0.3, -0.25) is 4.72 Å². The van der Waals surface area contributed by atoms with E-state index >= 15 is 0 Å². The largest absolute Gasteiger partial charge is 0.283 e. The van der Waals surface area contributed by atoms with Crippen molar-refractivity contribution in [2.75, 3.05) is 4.72 Å². The summed E-state index contributed by atoms with van der Waals surface area (Å²) in [4.78, 5) is 0. The molecule has 2 aromatic carbocycles. The van der Waals surface area contributed by atoms with Crippen molar-refractivity contribution in [2.45, 2.75) is 19.6 Å². The van der Waals surface area contributed by atoms with E-state index in [-0.39, 0.29) is 5.75 Å². The lowest BCUT2D eigenvalue weighted by Gasteiger charge is -2.08. The number of hydrogen-bond donors (Lipinski definition) is 1. The fourth-order valence-electron chi connectivity index (χ4n) is 1.74. The second kappa shape index (κ2) is 5.45. The van der Waals surface area contributed by atoms with Crippen LogP contribution < -0.4 is 4.72 Å². The minimum Gasteiger partial charge on any atom is -0.283 e. The molecule has 0 aliphatic carbocycles. The molecule has 0 radical (unpaired) electrons. The summed E-state index contributed by atoms with van der Waals surface area (Å²) < 4.78 is 26.6. The summed E-state index contributed by atoms with van der Waals surface area (Å²) >= 11 is 0. The van der Waals surface area contributed by atoms with Gasteiger partial charge < -0.3 is 0 Å². The van der Waals surface area contributed by atoms with E-state index in [1.54, 1.807) is 12.1 Å². The van der Waals surface area contributed by atoms with Crippen LogP contribution in [0.5, 0.6) is 0 Å². The van der Waals surface area contributed by atoms with Gasteiger partial charge in [0.2, 0.25) is 10.0 Å². The Morgan fingerprint density at radius 1 is 0.842 bits per heavy atom. The number of rotatable bonds is 4. The van der Waals surface area contributed by atoms with Crippen LogP contribution in [0.4, 0.5) is 5.69 Å². The molecule has 1 N–H and O–H groups in total. The third-order valence-corrected chi connectivity index (χ3v) is 4.06. The van der Waals surface area contributed by atoms with Crippen molar-refractivity contribution < 1.29 is 8.42 Å². The molecular weight excluding hydrogens is 258 g/mol. The second-order valence-electron chi connectivity index (χ2n) is 4.71. The molecule has 4 heteroatoms. The number of sulfonamides is 1. The minimum absolute atomic E-state index is 0.0127. The highest BCUT2D eigenvalue weighted by atomic mass is 32.2. The van der Waals surface area contributed by atoms with E-state index in [2.05, 4.69) is 4.72 Å². The zero-order valence-electron chi connectivity index (χ0n) is 11.1. The van der Waals surface area contributed by atoms with Crippen LogP contribution in [0.3, 0.4) is 0 Å². The first kappa shape index (κ1) is 13.6. The Balaban J connectivity index is 2.10. The Morgan fingerprint density at radius 2 is 1.32 bits per heavy atom. The molecule has 100 valence electrons. The molecule has 0 spiro atoms. The number of hydrogen-bond acceptors (Lipinski definition) is 2. The summed E-state index contributed by atoms with van der Waals surface area (Å²) in [6, 6.07) is 14.8. The van der Waals surface area contributed by atoms with Gasteiger partial charge in [-0.05, 0) is 31.5 Å². The van der Waals surface area contributed by atoms with Gasteiger partial charge in [-0.25, -0.2) is 8.42 Å². The number of anilines is 1. The lowest BCUT2D eigenvalue weighted by Crippen LogP contribution is -2.15. The Kier molecular flexibility index (Phi) is 3.90. The summed E-state index contributed by atoms with van der Waals surface area (Å²) in [5.74, 6) is -0.0127. The minimum atomic E-state index is -3.36. The van der Waals surface area contributed by atoms with Crippen LogP contribution in [-0.2, 0) is 15.8 Å². The summed E-state index contributed by atoms with van der Waals surface area (Å²) in [7, 11) is -3.36. The molecule has 0 fully saturated rings. The van der Waals surface area contributed by atoms with Crippen LogP contribution in [0.1, 0.15) is 16.7 Å². The third-order valence-electron chi connectivity index (χ3n) is 2.80. The van der Waals surface area contributed by atoms with Gasteiger partial charge in [0.25, 0.3) is 0 Å². The van der Waals surface area contributed by atoms with E-state index < -0.39 is 10.0 Å². The summed E-state index contributed by atoms with van der Waals surface area (Å²) in [5.41, 5.74) is 3.59. The van der Waals surface area contributed by atoms with E-state index in [1.165, 1.54) is 0 Å². The summed E-state index contributed by atoms with van der Waals surface area (Å²) in [5, 5.41) is 0. The van der Waals surface area contributed by atoms with E-state index in [4.69, 9.17) is 0 Å². The number of aryl methyl sites for hydroxylation is 2. The van der Waals surface area contributed by atoms with Crippen LogP contribution in [0.25, 0.3) is 0 Å². The van der Waals surface area contributed by atoms with Crippen LogP contribution in [0, 0.1) is 13.8 Å². The van der Waals surface area contributed by atoms with E-state index in [9.17, 15) is 8.42 Å². The summed E-state index contributed by atoms with van der Waals surface area (Å²) in [6.07, 6.45) is 0. The first-order chi connectivity index (χ1) is 8.94. The molecule has 2 rings (SSSR count). The van der Waals surface area contributed by atoms with Crippen LogP contribution in [0.2, 0.25) is 0 Å². The van der Waals surface area contributed by atoms with Crippen molar-refractivity contribution in [3.05, 3.63) is 65.2 Å². The second-order valence-corrected chi connectivity index (χ2v) is 6.44. The van der Waals surface area contributed by atoms with Gasteiger partial charge in [-0.1, -0.05) is 47.5 Å². The van der Waals surface area contributed by atoms with E-state index in [1.807, 2.05) is 50.2 Å². The molecule has 0 saturated carbocycles. The number of nitrogens with one attached hydrogen (secondary N) is 1. The Labute approximate surface area is 114 Å². The highest BCUT2D eigenvalue weighted by Gasteiger charge is 2.11. The smallest absolute Gasteiger partial charge is 0.236 e. The summed E-state index contributed by atoms with van der Waals surface area (Å²) in [6.45, 7) is 3.94. The molecule has 0 saturated heterocycles. The van der Waals surface area contributed by atoms with E-state index in [0.717, 1.165) is 16.7 Å². The predicted molar refractivity (Wildman–Crippen MR) is 78.6 cm³/mol. The van der Waals surface area contributed by atoms with Crippen LogP contribution >= 0.6 is 0 Å². The molecule has 2 aromatic rings. The lowest BCUT2D eigenvalue weighted by molar-refractivity contribution is 0.600. The first-order valence-corrected chi connectivity index (χ1v) is 7.72. The van der Waals surface area contributed by atoms with Gasteiger partial charge in [0.05, 0.1) is 5.75 Å². The Hall–Kier alpha value is -1.81. The predicted octanol–water partition coefficient (Wildman–Crippen LogP) is 3.25. The normalized spacial score (nSPS) is 11.3. The molecule has 0 amide bonds. The lowest BCUT2D eigenvalue weighted by atomic mass is 10.2. The van der Waals surface area contributed by atoms with Crippen molar-refractivity contribution in [3.63, 3.8) is 0 Å². The maximum Gasteiger partial charge on any atom is 0.236 e. The fourth-order valence-corrected chi connectivity index (χ4v) is 2.94. The van der Waals surface area contributed by atoms with Gasteiger partial charge in [0.15, 0.2) is 0 Å². The van der Waals surface area contributed by atoms with E-state index in [0.29, 0.717) is 5.69 Å². The molecule has 0 heterocycles. The van der Waals surface area contributed by atoms with Gasteiger partial charge in [0, 0.05) is 5.69 Å². The molecule has 3 nitrogen and oxygen atoms in total. The van der Waals surface area contributed by atoms with Gasteiger partial charge in [-0.2, -0.15) is 0 Å². The zero-order valence-corrected chi connectivity index (χ0v) is 11.9. The molecule has 0 unspecified atom stereocenters. The molecule has 0 aromatic heterocycles. The third kappa shape index (κ3) is 4.10. The molecule has 0 bridgehead atoms. The van der Waals surface area contributed by atoms with Crippen molar-refractivity contribution in [1.29, 1.82) is 0 Å². The van der Waals surface area contributed by atoms with Gasteiger partial charge in [-0.15, -0.1) is 0 Å². The van der Waals surface area contributed by atoms with Gasteiger partial charge in [0.1, 0.15) is 0 Å². The molecule has 19 heavy (non-hydrogen) atoms. The van der Waals surface area contributed by atoms with Crippen molar-refractivity contribution in [2.24, 2.45) is 0 Å². The highest BCUT2D eigenvalue weighted by molar-refractivity contribution is 7.91. The van der Waals surface area contributed by atoms with Crippen molar-refractivity contribution in [3.8, 4) is 0 Å². The Bertz CT molecular complexity index is 590. The quantitative estimate of drug-likeness (QED) is 0.931. The molecule has 0 atom stereocenters. The molecule has 0 aliphatic rings. The van der Waals surface area contributed by atoms with Gasteiger partial charge >= 0.3 is 0 Å².